The monoisotopic (exact) mass is 409 g/mol. The Morgan fingerprint density at radius 1 is 1.08 bits per heavy atom. The molecule has 1 aromatic heterocycles. The molecule has 2 aromatic carbocycles. The van der Waals surface area contributed by atoms with Gasteiger partial charge in [0.1, 0.15) is 5.82 Å². The van der Waals surface area contributed by atoms with Gasteiger partial charge in [0.15, 0.2) is 5.13 Å². The number of rotatable bonds is 2. The van der Waals surface area contributed by atoms with Gasteiger partial charge in [-0.15, -0.1) is 0 Å². The molecule has 1 amide bonds. The zero-order valence-corrected chi connectivity index (χ0v) is 15.9. The second-order valence-corrected chi connectivity index (χ2v) is 7.86. The van der Waals surface area contributed by atoms with E-state index in [-0.39, 0.29) is 11.7 Å². The van der Waals surface area contributed by atoms with E-state index in [2.05, 4.69) is 9.88 Å². The van der Waals surface area contributed by atoms with E-state index in [4.69, 9.17) is 23.2 Å². The van der Waals surface area contributed by atoms with Crippen LogP contribution >= 0.6 is 34.5 Å². The van der Waals surface area contributed by atoms with Crippen LogP contribution < -0.4 is 4.90 Å². The Morgan fingerprint density at radius 3 is 2.58 bits per heavy atom. The van der Waals surface area contributed by atoms with Gasteiger partial charge in [-0.3, -0.25) is 4.79 Å². The van der Waals surface area contributed by atoms with E-state index in [1.807, 2.05) is 0 Å². The molecular formula is C18H14Cl2FN3OS. The average Bonchev–Trinajstić information content (AvgIpc) is 3.04. The van der Waals surface area contributed by atoms with Crippen LogP contribution in [0.5, 0.6) is 0 Å². The Hall–Kier alpha value is -1.89. The summed E-state index contributed by atoms with van der Waals surface area (Å²) in [5.74, 6) is -0.361. The molecule has 0 atom stereocenters. The minimum absolute atomic E-state index is 0.0994. The minimum atomic E-state index is -0.261. The van der Waals surface area contributed by atoms with Crippen molar-refractivity contribution in [2.45, 2.75) is 0 Å². The van der Waals surface area contributed by atoms with Crippen molar-refractivity contribution in [1.29, 1.82) is 0 Å². The lowest BCUT2D eigenvalue weighted by Crippen LogP contribution is -2.48. The highest BCUT2D eigenvalue weighted by molar-refractivity contribution is 7.22. The molecule has 0 aliphatic carbocycles. The maximum atomic E-state index is 13.3. The van der Waals surface area contributed by atoms with Gasteiger partial charge in [-0.25, -0.2) is 9.37 Å². The van der Waals surface area contributed by atoms with Crippen LogP contribution in [0.2, 0.25) is 10.0 Å². The number of aromatic nitrogens is 1. The molecule has 8 heteroatoms. The molecule has 4 nitrogen and oxygen atoms in total. The summed E-state index contributed by atoms with van der Waals surface area (Å²) in [5, 5.41) is 1.71. The van der Waals surface area contributed by atoms with Crippen LogP contribution in [-0.2, 0) is 0 Å². The maximum absolute atomic E-state index is 13.3. The lowest BCUT2D eigenvalue weighted by molar-refractivity contribution is 0.0747. The summed E-state index contributed by atoms with van der Waals surface area (Å²) in [5.41, 5.74) is 1.25. The van der Waals surface area contributed by atoms with Gasteiger partial charge in [-0.2, -0.15) is 0 Å². The van der Waals surface area contributed by atoms with Gasteiger partial charge in [0.25, 0.3) is 5.91 Å². The van der Waals surface area contributed by atoms with E-state index in [0.29, 0.717) is 41.8 Å². The normalized spacial score (nSPS) is 14.9. The third kappa shape index (κ3) is 3.37. The lowest BCUT2D eigenvalue weighted by Gasteiger charge is -2.34. The second kappa shape index (κ2) is 7.02. The SMILES string of the molecule is O=C(c1ccc(Cl)cc1Cl)N1CCN(c2nc3ccc(F)cc3s2)CC1. The highest BCUT2D eigenvalue weighted by Crippen LogP contribution is 2.30. The number of piperazine rings is 1. The third-order valence-electron chi connectivity index (χ3n) is 4.34. The predicted octanol–water partition coefficient (Wildman–Crippen LogP) is 4.70. The van der Waals surface area contributed by atoms with Crippen LogP contribution in [0.3, 0.4) is 0 Å². The molecule has 0 saturated carbocycles. The van der Waals surface area contributed by atoms with Crippen molar-refractivity contribution in [3.63, 3.8) is 0 Å². The number of hydrogen-bond donors (Lipinski definition) is 0. The van der Waals surface area contributed by atoms with Crippen LogP contribution in [0, 0.1) is 5.82 Å². The van der Waals surface area contributed by atoms with E-state index in [1.165, 1.54) is 23.5 Å². The van der Waals surface area contributed by atoms with E-state index in [9.17, 15) is 9.18 Å². The molecule has 0 N–H and O–H groups in total. The number of amides is 1. The van der Waals surface area contributed by atoms with Crippen molar-refractivity contribution in [1.82, 2.24) is 9.88 Å². The quantitative estimate of drug-likeness (QED) is 0.614. The molecule has 4 rings (SSSR count). The maximum Gasteiger partial charge on any atom is 0.255 e. The Bertz CT molecular complexity index is 986. The zero-order chi connectivity index (χ0) is 18.3. The fourth-order valence-corrected chi connectivity index (χ4v) is 4.49. The van der Waals surface area contributed by atoms with E-state index >= 15 is 0 Å². The first-order valence-electron chi connectivity index (χ1n) is 8.06. The standard InChI is InChI=1S/C18H14Cl2FN3OS/c19-11-1-3-13(14(20)9-11)17(25)23-5-7-24(8-6-23)18-22-15-4-2-12(21)10-16(15)26-18/h1-4,9-10H,5-8H2. The summed E-state index contributed by atoms with van der Waals surface area (Å²) in [4.78, 5) is 21.1. The molecule has 1 saturated heterocycles. The van der Waals surface area contributed by atoms with Gasteiger partial charge in [0.2, 0.25) is 0 Å². The van der Waals surface area contributed by atoms with Gasteiger partial charge in [0, 0.05) is 31.2 Å². The van der Waals surface area contributed by atoms with Crippen LogP contribution in [0.25, 0.3) is 10.2 Å². The van der Waals surface area contributed by atoms with Gasteiger partial charge in [-0.1, -0.05) is 34.5 Å². The molecule has 0 spiro atoms. The molecule has 2 heterocycles. The molecule has 26 heavy (non-hydrogen) atoms. The molecular weight excluding hydrogens is 396 g/mol. The van der Waals surface area contributed by atoms with Crippen LogP contribution in [-0.4, -0.2) is 42.0 Å². The molecule has 0 unspecified atom stereocenters. The summed E-state index contributed by atoms with van der Waals surface area (Å²) in [7, 11) is 0. The van der Waals surface area contributed by atoms with Crippen molar-refractivity contribution in [3.05, 3.63) is 57.8 Å². The smallest absolute Gasteiger partial charge is 0.255 e. The van der Waals surface area contributed by atoms with Gasteiger partial charge in [0.05, 0.1) is 20.8 Å². The third-order valence-corrected chi connectivity index (χ3v) is 5.96. The van der Waals surface area contributed by atoms with Crippen molar-refractivity contribution < 1.29 is 9.18 Å². The van der Waals surface area contributed by atoms with Crippen LogP contribution in [0.1, 0.15) is 10.4 Å². The molecule has 0 radical (unpaired) electrons. The number of hydrogen-bond acceptors (Lipinski definition) is 4. The number of carbonyl (C=O) groups is 1. The number of thiazole rings is 1. The van der Waals surface area contributed by atoms with Crippen molar-refractivity contribution in [2.75, 3.05) is 31.1 Å². The van der Waals surface area contributed by atoms with Gasteiger partial charge < -0.3 is 9.80 Å². The first-order chi connectivity index (χ1) is 12.5. The molecule has 1 fully saturated rings. The average molecular weight is 410 g/mol. The number of anilines is 1. The Labute approximate surface area is 163 Å². The predicted molar refractivity (Wildman–Crippen MR) is 104 cm³/mol. The topological polar surface area (TPSA) is 36.4 Å². The Kier molecular flexibility index (Phi) is 4.73. The number of nitrogens with zero attached hydrogens (tertiary/aromatic N) is 3. The highest BCUT2D eigenvalue weighted by atomic mass is 35.5. The second-order valence-electron chi connectivity index (χ2n) is 6.01. The van der Waals surface area contributed by atoms with Gasteiger partial charge in [-0.05, 0) is 36.4 Å². The Morgan fingerprint density at radius 2 is 1.85 bits per heavy atom. The lowest BCUT2D eigenvalue weighted by atomic mass is 10.2. The minimum Gasteiger partial charge on any atom is -0.345 e. The highest BCUT2D eigenvalue weighted by Gasteiger charge is 2.25. The number of halogens is 3. The number of fused-ring (bicyclic) bond motifs is 1. The first-order valence-corrected chi connectivity index (χ1v) is 9.64. The molecule has 1 aliphatic heterocycles. The summed E-state index contributed by atoms with van der Waals surface area (Å²) in [6, 6.07) is 9.50. The summed E-state index contributed by atoms with van der Waals surface area (Å²) < 4.78 is 14.2. The van der Waals surface area contributed by atoms with Crippen LogP contribution in [0.4, 0.5) is 9.52 Å². The molecule has 1 aliphatic rings. The van der Waals surface area contributed by atoms with Crippen molar-refractivity contribution in [3.8, 4) is 0 Å². The van der Waals surface area contributed by atoms with Crippen LogP contribution in [0.15, 0.2) is 36.4 Å². The van der Waals surface area contributed by atoms with E-state index in [1.54, 1.807) is 29.2 Å². The van der Waals surface area contributed by atoms with Crippen molar-refractivity contribution in [2.24, 2.45) is 0 Å². The Balaban J connectivity index is 1.47. The zero-order valence-electron chi connectivity index (χ0n) is 13.6. The van der Waals surface area contributed by atoms with E-state index < -0.39 is 0 Å². The first kappa shape index (κ1) is 17.5. The van der Waals surface area contributed by atoms with E-state index in [0.717, 1.165) is 15.3 Å². The van der Waals surface area contributed by atoms with Crippen molar-refractivity contribution >= 4 is 55.8 Å². The summed E-state index contributed by atoms with van der Waals surface area (Å²) in [6.07, 6.45) is 0. The molecule has 3 aromatic rings. The summed E-state index contributed by atoms with van der Waals surface area (Å²) >= 11 is 13.5. The molecule has 0 bridgehead atoms. The largest absolute Gasteiger partial charge is 0.345 e. The fourth-order valence-electron chi connectivity index (χ4n) is 2.96. The number of benzene rings is 2. The summed E-state index contributed by atoms with van der Waals surface area (Å²) in [6.45, 7) is 2.47. The fraction of sp³-hybridized carbons (Fsp3) is 0.222. The van der Waals surface area contributed by atoms with Gasteiger partial charge >= 0.3 is 0 Å². The number of carbonyl (C=O) groups excluding carboxylic acids is 1. The molecule has 134 valence electrons.